The number of hydrogen-bond acceptors (Lipinski definition) is 4. The monoisotopic (exact) mass is 268 g/mol. The number of rotatable bonds is 3. The second-order valence-electron chi connectivity index (χ2n) is 4.91. The fraction of sp³-hybridized carbons (Fsp3) is 0.692. The maximum absolute atomic E-state index is 6.14. The summed E-state index contributed by atoms with van der Waals surface area (Å²) in [5.74, 6) is 0.725. The molecule has 4 nitrogen and oxygen atoms in total. The standard InChI is InChI=1S/C13H21ClN4/c1-4-18-7-5-6-11(8-18)17-13-12(14)15-9(2)10(3)16-13/h11H,4-8H2,1-3H3,(H,16,17). The lowest BCUT2D eigenvalue weighted by atomic mass is 10.1. The third kappa shape index (κ3) is 3.12. The molecule has 0 bridgehead atoms. The number of aromatic nitrogens is 2. The topological polar surface area (TPSA) is 41.0 Å². The van der Waals surface area contributed by atoms with Gasteiger partial charge in [0.25, 0.3) is 0 Å². The number of likely N-dealkylation sites (N-methyl/N-ethyl adjacent to an activating group) is 1. The minimum Gasteiger partial charge on any atom is -0.363 e. The van der Waals surface area contributed by atoms with Crippen molar-refractivity contribution in [1.82, 2.24) is 14.9 Å². The highest BCUT2D eigenvalue weighted by atomic mass is 35.5. The van der Waals surface area contributed by atoms with Crippen LogP contribution >= 0.6 is 11.6 Å². The van der Waals surface area contributed by atoms with E-state index in [1.165, 1.54) is 19.4 Å². The van der Waals surface area contributed by atoms with Gasteiger partial charge in [0, 0.05) is 12.6 Å². The largest absolute Gasteiger partial charge is 0.363 e. The predicted molar refractivity (Wildman–Crippen MR) is 75.3 cm³/mol. The highest BCUT2D eigenvalue weighted by Crippen LogP contribution is 2.21. The lowest BCUT2D eigenvalue weighted by Crippen LogP contribution is -2.42. The highest BCUT2D eigenvalue weighted by molar-refractivity contribution is 6.31. The number of piperidine rings is 1. The molecule has 1 aliphatic rings. The van der Waals surface area contributed by atoms with Gasteiger partial charge >= 0.3 is 0 Å². The van der Waals surface area contributed by atoms with Crippen molar-refractivity contribution in [3.05, 3.63) is 16.5 Å². The number of halogens is 1. The molecule has 1 aliphatic heterocycles. The Morgan fingerprint density at radius 1 is 1.33 bits per heavy atom. The Bertz CT molecular complexity index is 422. The van der Waals surface area contributed by atoms with Crippen molar-refractivity contribution in [1.29, 1.82) is 0 Å². The molecule has 5 heteroatoms. The third-order valence-corrected chi connectivity index (χ3v) is 3.82. The van der Waals surface area contributed by atoms with Gasteiger partial charge in [-0.3, -0.25) is 0 Å². The lowest BCUT2D eigenvalue weighted by molar-refractivity contribution is 0.226. The van der Waals surface area contributed by atoms with Crippen molar-refractivity contribution in [2.45, 2.75) is 39.7 Å². The zero-order valence-corrected chi connectivity index (χ0v) is 12.1. The molecular weight excluding hydrogens is 248 g/mol. The van der Waals surface area contributed by atoms with Gasteiger partial charge < -0.3 is 10.2 Å². The molecule has 1 saturated heterocycles. The van der Waals surface area contributed by atoms with Crippen LogP contribution in [0.15, 0.2) is 0 Å². The molecule has 100 valence electrons. The van der Waals surface area contributed by atoms with Crippen molar-refractivity contribution in [2.24, 2.45) is 0 Å². The summed E-state index contributed by atoms with van der Waals surface area (Å²) in [5.41, 5.74) is 1.83. The van der Waals surface area contributed by atoms with E-state index < -0.39 is 0 Å². The van der Waals surface area contributed by atoms with Crippen LogP contribution in [0.2, 0.25) is 5.15 Å². The van der Waals surface area contributed by atoms with Crippen molar-refractivity contribution < 1.29 is 0 Å². The fourth-order valence-electron chi connectivity index (χ4n) is 2.32. The van der Waals surface area contributed by atoms with Gasteiger partial charge in [-0.05, 0) is 39.8 Å². The molecule has 1 atom stereocenters. The maximum Gasteiger partial charge on any atom is 0.171 e. The summed E-state index contributed by atoms with van der Waals surface area (Å²) in [6.07, 6.45) is 2.39. The molecule has 0 aliphatic carbocycles. The molecule has 0 aromatic carbocycles. The van der Waals surface area contributed by atoms with Crippen LogP contribution in [-0.4, -0.2) is 40.5 Å². The third-order valence-electron chi connectivity index (χ3n) is 3.56. The van der Waals surface area contributed by atoms with E-state index in [1.54, 1.807) is 0 Å². The van der Waals surface area contributed by atoms with Crippen molar-refractivity contribution in [3.63, 3.8) is 0 Å². The number of hydrogen-bond donors (Lipinski definition) is 1. The van der Waals surface area contributed by atoms with Crippen LogP contribution in [0.4, 0.5) is 5.82 Å². The molecule has 0 amide bonds. The number of nitrogens with zero attached hydrogens (tertiary/aromatic N) is 3. The first-order valence-corrected chi connectivity index (χ1v) is 6.97. The molecule has 1 unspecified atom stereocenters. The predicted octanol–water partition coefficient (Wildman–Crippen LogP) is 2.64. The molecule has 0 saturated carbocycles. The van der Waals surface area contributed by atoms with Crippen LogP contribution in [0, 0.1) is 13.8 Å². The van der Waals surface area contributed by atoms with E-state index in [-0.39, 0.29) is 0 Å². The van der Waals surface area contributed by atoms with Crippen molar-refractivity contribution >= 4 is 17.4 Å². The van der Waals surface area contributed by atoms with Crippen LogP contribution < -0.4 is 5.32 Å². The summed E-state index contributed by atoms with van der Waals surface area (Å²) in [5, 5.41) is 3.91. The summed E-state index contributed by atoms with van der Waals surface area (Å²) < 4.78 is 0. The highest BCUT2D eigenvalue weighted by Gasteiger charge is 2.20. The molecule has 1 aromatic rings. The van der Waals surface area contributed by atoms with Crippen LogP contribution in [-0.2, 0) is 0 Å². The lowest BCUT2D eigenvalue weighted by Gasteiger charge is -2.32. The molecule has 18 heavy (non-hydrogen) atoms. The first kappa shape index (κ1) is 13.6. The van der Waals surface area contributed by atoms with Gasteiger partial charge in [0.05, 0.1) is 11.4 Å². The van der Waals surface area contributed by atoms with Gasteiger partial charge in [0.2, 0.25) is 0 Å². The molecule has 2 rings (SSSR count). The average molecular weight is 269 g/mol. The Hall–Kier alpha value is -0.870. The van der Waals surface area contributed by atoms with E-state index in [4.69, 9.17) is 11.6 Å². The fourth-order valence-corrected chi connectivity index (χ4v) is 2.55. The average Bonchev–Trinajstić information content (AvgIpc) is 2.36. The summed E-state index contributed by atoms with van der Waals surface area (Å²) in [6, 6.07) is 0.424. The molecular formula is C13H21ClN4. The van der Waals surface area contributed by atoms with E-state index in [2.05, 4.69) is 27.1 Å². The van der Waals surface area contributed by atoms with Gasteiger partial charge in [0.1, 0.15) is 0 Å². The van der Waals surface area contributed by atoms with E-state index >= 15 is 0 Å². The normalized spacial score (nSPS) is 21.0. The van der Waals surface area contributed by atoms with E-state index in [1.807, 2.05) is 13.8 Å². The summed E-state index contributed by atoms with van der Waals surface area (Å²) in [7, 11) is 0. The molecule has 2 heterocycles. The van der Waals surface area contributed by atoms with E-state index in [0.717, 1.165) is 30.3 Å². The Kier molecular flexibility index (Phi) is 4.40. The maximum atomic E-state index is 6.14. The Labute approximate surface area is 114 Å². The van der Waals surface area contributed by atoms with Crippen LogP contribution in [0.5, 0.6) is 0 Å². The Morgan fingerprint density at radius 3 is 2.78 bits per heavy atom. The van der Waals surface area contributed by atoms with Crippen LogP contribution in [0.25, 0.3) is 0 Å². The van der Waals surface area contributed by atoms with Crippen LogP contribution in [0.3, 0.4) is 0 Å². The minimum absolute atomic E-state index is 0.424. The van der Waals surface area contributed by atoms with Gasteiger partial charge in [-0.25, -0.2) is 9.97 Å². The first-order chi connectivity index (χ1) is 8.60. The minimum atomic E-state index is 0.424. The quantitative estimate of drug-likeness (QED) is 0.915. The molecule has 1 aromatic heterocycles. The second-order valence-corrected chi connectivity index (χ2v) is 5.27. The number of anilines is 1. The van der Waals surface area contributed by atoms with Crippen molar-refractivity contribution in [3.8, 4) is 0 Å². The molecule has 1 N–H and O–H groups in total. The van der Waals surface area contributed by atoms with Crippen LogP contribution in [0.1, 0.15) is 31.2 Å². The summed E-state index contributed by atoms with van der Waals surface area (Å²) in [6.45, 7) is 9.44. The Morgan fingerprint density at radius 2 is 2.06 bits per heavy atom. The number of aryl methyl sites for hydroxylation is 2. The number of likely N-dealkylation sites (tertiary alicyclic amines) is 1. The molecule has 0 radical (unpaired) electrons. The van der Waals surface area contributed by atoms with Gasteiger partial charge in [-0.15, -0.1) is 0 Å². The van der Waals surface area contributed by atoms with Crippen molar-refractivity contribution in [2.75, 3.05) is 25.0 Å². The molecule has 0 spiro atoms. The summed E-state index contributed by atoms with van der Waals surface area (Å²) in [4.78, 5) is 11.2. The van der Waals surface area contributed by atoms with Gasteiger partial charge in [-0.1, -0.05) is 18.5 Å². The first-order valence-electron chi connectivity index (χ1n) is 6.59. The Balaban J connectivity index is 2.07. The van der Waals surface area contributed by atoms with E-state index in [0.29, 0.717) is 11.2 Å². The number of nitrogens with one attached hydrogen (secondary N) is 1. The zero-order valence-electron chi connectivity index (χ0n) is 11.3. The SMILES string of the molecule is CCN1CCCC(Nc2nc(C)c(C)nc2Cl)C1. The second kappa shape index (κ2) is 5.85. The molecule has 1 fully saturated rings. The van der Waals surface area contributed by atoms with E-state index in [9.17, 15) is 0 Å². The van der Waals surface area contributed by atoms with Gasteiger partial charge in [-0.2, -0.15) is 0 Å². The zero-order chi connectivity index (χ0) is 13.1. The smallest absolute Gasteiger partial charge is 0.171 e. The van der Waals surface area contributed by atoms with Gasteiger partial charge in [0.15, 0.2) is 11.0 Å². The summed E-state index contributed by atoms with van der Waals surface area (Å²) >= 11 is 6.14.